The van der Waals surface area contributed by atoms with Crippen LogP contribution in [0.5, 0.6) is 0 Å². The summed E-state index contributed by atoms with van der Waals surface area (Å²) in [5.41, 5.74) is 1.83. The van der Waals surface area contributed by atoms with Crippen LogP contribution in [0.3, 0.4) is 0 Å². The zero-order valence-corrected chi connectivity index (χ0v) is 9.29. The van der Waals surface area contributed by atoms with E-state index in [1.54, 1.807) is 12.4 Å². The van der Waals surface area contributed by atoms with Crippen molar-refractivity contribution in [3.05, 3.63) is 24.0 Å². The molecule has 0 atom stereocenters. The third kappa shape index (κ3) is 4.03. The summed E-state index contributed by atoms with van der Waals surface area (Å²) in [6.45, 7) is 7.76. The maximum Gasteiger partial charge on any atom is 0.224 e. The molecule has 0 fully saturated rings. The molecule has 14 heavy (non-hydrogen) atoms. The minimum absolute atomic E-state index is 0.0195. The average Bonchev–Trinajstić information content (AvgIpc) is 2.24. The van der Waals surface area contributed by atoms with Gasteiger partial charge in [-0.2, -0.15) is 0 Å². The second-order valence-corrected chi connectivity index (χ2v) is 2.59. The topological polar surface area (TPSA) is 42.0 Å². The standard InChI is InChI=1S/C9H12N2O.C2H6/c1-3-9(12)11-8-6-10-5-4-7(8)2;1-2/h4-6H,3H2,1-2H3,(H,11,12);1-2H3. The summed E-state index contributed by atoms with van der Waals surface area (Å²) in [5.74, 6) is 0.0195. The molecule has 0 bridgehead atoms. The van der Waals surface area contributed by atoms with Gasteiger partial charge in [0.1, 0.15) is 0 Å². The summed E-state index contributed by atoms with van der Waals surface area (Å²) < 4.78 is 0. The first-order valence-electron chi connectivity index (χ1n) is 4.94. The van der Waals surface area contributed by atoms with E-state index >= 15 is 0 Å². The van der Waals surface area contributed by atoms with E-state index in [-0.39, 0.29) is 5.91 Å². The summed E-state index contributed by atoms with van der Waals surface area (Å²) in [6.07, 6.45) is 3.86. The monoisotopic (exact) mass is 194 g/mol. The number of rotatable bonds is 2. The van der Waals surface area contributed by atoms with Crippen LogP contribution in [-0.2, 0) is 4.79 Å². The van der Waals surface area contributed by atoms with Crippen molar-refractivity contribution >= 4 is 11.6 Å². The summed E-state index contributed by atoms with van der Waals surface area (Å²) in [4.78, 5) is 14.9. The van der Waals surface area contributed by atoms with Gasteiger partial charge in [0.25, 0.3) is 0 Å². The highest BCUT2D eigenvalue weighted by molar-refractivity contribution is 5.90. The fourth-order valence-electron chi connectivity index (χ4n) is 0.833. The molecule has 0 spiro atoms. The van der Waals surface area contributed by atoms with Gasteiger partial charge >= 0.3 is 0 Å². The average molecular weight is 194 g/mol. The summed E-state index contributed by atoms with van der Waals surface area (Å²) in [5, 5.41) is 2.76. The minimum atomic E-state index is 0.0195. The molecule has 0 aliphatic carbocycles. The van der Waals surface area contributed by atoms with Crippen LogP contribution >= 0.6 is 0 Å². The molecular formula is C11H18N2O. The van der Waals surface area contributed by atoms with Gasteiger partial charge in [0.15, 0.2) is 0 Å². The number of aryl methyl sites for hydroxylation is 1. The SMILES string of the molecule is CC.CCC(=O)Nc1cnccc1C. The molecule has 3 heteroatoms. The molecule has 1 heterocycles. The lowest BCUT2D eigenvalue weighted by Crippen LogP contribution is -2.10. The molecule has 1 amide bonds. The van der Waals surface area contributed by atoms with Crippen molar-refractivity contribution in [3.8, 4) is 0 Å². The molecule has 0 aliphatic rings. The molecule has 0 radical (unpaired) electrons. The quantitative estimate of drug-likeness (QED) is 0.786. The van der Waals surface area contributed by atoms with E-state index < -0.39 is 0 Å². The third-order valence-corrected chi connectivity index (χ3v) is 1.63. The molecule has 1 aromatic rings. The number of nitrogens with zero attached hydrogens (tertiary/aromatic N) is 1. The van der Waals surface area contributed by atoms with Crippen molar-refractivity contribution in [2.75, 3.05) is 5.32 Å². The zero-order chi connectivity index (χ0) is 11.0. The fraction of sp³-hybridized carbons (Fsp3) is 0.455. The van der Waals surface area contributed by atoms with E-state index in [0.717, 1.165) is 11.3 Å². The Kier molecular flexibility index (Phi) is 6.37. The first kappa shape index (κ1) is 12.6. The number of pyridine rings is 1. The van der Waals surface area contributed by atoms with Crippen LogP contribution in [0.15, 0.2) is 18.5 Å². The lowest BCUT2D eigenvalue weighted by Gasteiger charge is -2.04. The Morgan fingerprint density at radius 3 is 2.64 bits per heavy atom. The maximum absolute atomic E-state index is 11.0. The number of carbonyl (C=O) groups is 1. The fourth-order valence-corrected chi connectivity index (χ4v) is 0.833. The van der Waals surface area contributed by atoms with Crippen molar-refractivity contribution in [3.63, 3.8) is 0 Å². The van der Waals surface area contributed by atoms with E-state index in [0.29, 0.717) is 6.42 Å². The van der Waals surface area contributed by atoms with Gasteiger partial charge in [-0.1, -0.05) is 20.8 Å². The van der Waals surface area contributed by atoms with Crippen LogP contribution in [0.4, 0.5) is 5.69 Å². The van der Waals surface area contributed by atoms with Crippen molar-refractivity contribution in [1.29, 1.82) is 0 Å². The van der Waals surface area contributed by atoms with E-state index in [2.05, 4.69) is 10.3 Å². The molecule has 0 aliphatic heterocycles. The first-order valence-corrected chi connectivity index (χ1v) is 4.94. The molecule has 0 saturated carbocycles. The van der Waals surface area contributed by atoms with Crippen LogP contribution in [0.25, 0.3) is 0 Å². The molecule has 1 N–H and O–H groups in total. The number of hydrogen-bond acceptors (Lipinski definition) is 2. The number of aromatic nitrogens is 1. The molecule has 1 rings (SSSR count). The van der Waals surface area contributed by atoms with E-state index in [4.69, 9.17) is 0 Å². The Balaban J connectivity index is 0.000000791. The number of nitrogens with one attached hydrogen (secondary N) is 1. The molecule has 1 aromatic heterocycles. The highest BCUT2D eigenvalue weighted by Crippen LogP contribution is 2.10. The van der Waals surface area contributed by atoms with Gasteiger partial charge < -0.3 is 5.32 Å². The number of carbonyl (C=O) groups excluding carboxylic acids is 1. The number of anilines is 1. The van der Waals surface area contributed by atoms with Gasteiger partial charge in [-0.3, -0.25) is 9.78 Å². The van der Waals surface area contributed by atoms with Crippen LogP contribution in [-0.4, -0.2) is 10.9 Å². The van der Waals surface area contributed by atoms with Crippen LogP contribution in [0.1, 0.15) is 32.8 Å². The Labute approximate surface area is 85.6 Å². The van der Waals surface area contributed by atoms with Crippen molar-refractivity contribution in [1.82, 2.24) is 4.98 Å². The van der Waals surface area contributed by atoms with Crippen LogP contribution in [0, 0.1) is 6.92 Å². The Morgan fingerprint density at radius 2 is 2.14 bits per heavy atom. The van der Waals surface area contributed by atoms with Crippen LogP contribution < -0.4 is 5.32 Å². The lowest BCUT2D eigenvalue weighted by molar-refractivity contribution is -0.115. The lowest BCUT2D eigenvalue weighted by atomic mass is 10.2. The predicted octanol–water partition coefficient (Wildman–Crippen LogP) is 2.76. The summed E-state index contributed by atoms with van der Waals surface area (Å²) in [6, 6.07) is 1.87. The van der Waals surface area contributed by atoms with Crippen LogP contribution in [0.2, 0.25) is 0 Å². The summed E-state index contributed by atoms with van der Waals surface area (Å²) in [7, 11) is 0. The Hall–Kier alpha value is -1.38. The van der Waals surface area contributed by atoms with Crippen molar-refractivity contribution < 1.29 is 4.79 Å². The smallest absolute Gasteiger partial charge is 0.224 e. The van der Waals surface area contributed by atoms with Crippen molar-refractivity contribution in [2.45, 2.75) is 34.1 Å². The normalized spacial score (nSPS) is 8.57. The van der Waals surface area contributed by atoms with Gasteiger partial charge in [-0.05, 0) is 18.6 Å². The molecule has 0 unspecified atom stereocenters. The van der Waals surface area contributed by atoms with Gasteiger partial charge in [0, 0.05) is 12.6 Å². The highest BCUT2D eigenvalue weighted by Gasteiger charge is 2.00. The van der Waals surface area contributed by atoms with Gasteiger partial charge in [-0.25, -0.2) is 0 Å². The highest BCUT2D eigenvalue weighted by atomic mass is 16.1. The predicted molar refractivity (Wildman–Crippen MR) is 59.2 cm³/mol. The zero-order valence-electron chi connectivity index (χ0n) is 9.29. The van der Waals surface area contributed by atoms with Crippen molar-refractivity contribution in [2.24, 2.45) is 0 Å². The van der Waals surface area contributed by atoms with Gasteiger partial charge in [0.2, 0.25) is 5.91 Å². The van der Waals surface area contributed by atoms with Gasteiger partial charge in [-0.15, -0.1) is 0 Å². The first-order chi connectivity index (χ1) is 6.74. The van der Waals surface area contributed by atoms with E-state index in [9.17, 15) is 4.79 Å². The third-order valence-electron chi connectivity index (χ3n) is 1.63. The van der Waals surface area contributed by atoms with E-state index in [1.165, 1.54) is 0 Å². The molecule has 0 saturated heterocycles. The molecule has 0 aromatic carbocycles. The number of amides is 1. The molecule has 78 valence electrons. The Morgan fingerprint density at radius 1 is 1.50 bits per heavy atom. The molecule has 3 nitrogen and oxygen atoms in total. The largest absolute Gasteiger partial charge is 0.325 e. The second kappa shape index (κ2) is 7.06. The maximum atomic E-state index is 11.0. The van der Waals surface area contributed by atoms with Gasteiger partial charge in [0.05, 0.1) is 11.9 Å². The van der Waals surface area contributed by atoms with E-state index in [1.807, 2.05) is 33.8 Å². The molecular weight excluding hydrogens is 176 g/mol. The second-order valence-electron chi connectivity index (χ2n) is 2.59. The summed E-state index contributed by atoms with van der Waals surface area (Å²) >= 11 is 0. The number of hydrogen-bond donors (Lipinski definition) is 1. The Bertz CT molecular complexity index is 284. The minimum Gasteiger partial charge on any atom is -0.325 e.